The van der Waals surface area contributed by atoms with Gasteiger partial charge in [-0.15, -0.1) is 11.3 Å². The number of nitrogens with zero attached hydrogens (tertiary/aromatic N) is 2. The fourth-order valence-corrected chi connectivity index (χ4v) is 4.56. The van der Waals surface area contributed by atoms with Crippen LogP contribution in [0.15, 0.2) is 53.9 Å². The van der Waals surface area contributed by atoms with Gasteiger partial charge >= 0.3 is 0 Å². The van der Waals surface area contributed by atoms with Crippen molar-refractivity contribution in [2.24, 2.45) is 5.92 Å². The predicted molar refractivity (Wildman–Crippen MR) is 126 cm³/mol. The van der Waals surface area contributed by atoms with Crippen molar-refractivity contribution in [3.8, 4) is 5.75 Å². The number of hydrogen-bond acceptors (Lipinski definition) is 5. The van der Waals surface area contributed by atoms with E-state index < -0.39 is 0 Å². The summed E-state index contributed by atoms with van der Waals surface area (Å²) in [6.07, 6.45) is 1.23. The molecule has 6 nitrogen and oxygen atoms in total. The largest absolute Gasteiger partial charge is 0.488 e. The minimum atomic E-state index is -0.130. The molecule has 1 aromatic heterocycles. The fourth-order valence-electron chi connectivity index (χ4n) is 3.67. The standard InChI is InChI=1S/C24H24ClN3O3S/c1-16-15-32-24(26-16)27-22(29)17-10-12-28(13-11-17)23(30)19-7-3-5-9-21(19)31-14-18-6-2-4-8-20(18)25/h2-9,15,17H,10-14H2,1H3,(H,26,27,29). The highest BCUT2D eigenvalue weighted by Gasteiger charge is 2.29. The number of aryl methyl sites for hydroxylation is 1. The van der Waals surface area contributed by atoms with Crippen molar-refractivity contribution < 1.29 is 14.3 Å². The molecule has 2 amide bonds. The Hall–Kier alpha value is -2.90. The predicted octanol–water partition coefficient (Wildman–Crippen LogP) is 5.17. The second-order valence-electron chi connectivity index (χ2n) is 7.73. The van der Waals surface area contributed by atoms with Crippen LogP contribution in [0.5, 0.6) is 5.75 Å². The number of carbonyl (C=O) groups is 2. The Kier molecular flexibility index (Phi) is 7.07. The molecule has 1 saturated heterocycles. The number of likely N-dealkylation sites (tertiary alicyclic amines) is 1. The van der Waals surface area contributed by atoms with Crippen LogP contribution in [0.3, 0.4) is 0 Å². The summed E-state index contributed by atoms with van der Waals surface area (Å²) in [5, 5.41) is 6.04. The molecule has 1 aliphatic rings. The summed E-state index contributed by atoms with van der Waals surface area (Å²) in [5.41, 5.74) is 2.26. The summed E-state index contributed by atoms with van der Waals surface area (Å²) in [4.78, 5) is 31.8. The number of carbonyl (C=O) groups excluding carboxylic acids is 2. The van der Waals surface area contributed by atoms with Crippen LogP contribution in [-0.4, -0.2) is 34.8 Å². The Labute approximate surface area is 196 Å². The van der Waals surface area contributed by atoms with E-state index in [1.165, 1.54) is 11.3 Å². The van der Waals surface area contributed by atoms with Crippen molar-refractivity contribution in [2.75, 3.05) is 18.4 Å². The van der Waals surface area contributed by atoms with Crippen molar-refractivity contribution in [2.45, 2.75) is 26.4 Å². The van der Waals surface area contributed by atoms with Crippen LogP contribution < -0.4 is 10.1 Å². The van der Waals surface area contributed by atoms with Crippen molar-refractivity contribution in [3.63, 3.8) is 0 Å². The molecule has 32 heavy (non-hydrogen) atoms. The Balaban J connectivity index is 1.36. The molecule has 2 aromatic carbocycles. The first-order chi connectivity index (χ1) is 15.5. The van der Waals surface area contributed by atoms with E-state index in [1.807, 2.05) is 48.7 Å². The van der Waals surface area contributed by atoms with Crippen molar-refractivity contribution in [1.82, 2.24) is 9.88 Å². The number of halogens is 1. The number of piperidine rings is 1. The average molecular weight is 470 g/mol. The quantitative estimate of drug-likeness (QED) is 0.540. The minimum Gasteiger partial charge on any atom is -0.488 e. The lowest BCUT2D eigenvalue weighted by molar-refractivity contribution is -0.121. The van der Waals surface area contributed by atoms with Gasteiger partial charge < -0.3 is 15.0 Å². The molecule has 4 rings (SSSR count). The topological polar surface area (TPSA) is 71.5 Å². The molecule has 0 atom stereocenters. The normalized spacial score (nSPS) is 14.2. The third-order valence-corrected chi connectivity index (χ3v) is 6.70. The first-order valence-electron chi connectivity index (χ1n) is 10.5. The number of amides is 2. The van der Waals surface area contributed by atoms with Gasteiger partial charge in [0, 0.05) is 35.0 Å². The molecule has 0 aliphatic carbocycles. The molecular formula is C24H24ClN3O3S. The lowest BCUT2D eigenvalue weighted by atomic mass is 9.95. The number of benzene rings is 2. The Bertz CT molecular complexity index is 1110. The fraction of sp³-hybridized carbons (Fsp3) is 0.292. The third kappa shape index (κ3) is 5.29. The first kappa shape index (κ1) is 22.3. The molecule has 0 unspecified atom stereocenters. The maximum atomic E-state index is 13.2. The number of nitrogens with one attached hydrogen (secondary N) is 1. The van der Waals surface area contributed by atoms with E-state index in [1.54, 1.807) is 17.0 Å². The van der Waals surface area contributed by atoms with Gasteiger partial charge in [0.1, 0.15) is 12.4 Å². The highest BCUT2D eigenvalue weighted by molar-refractivity contribution is 7.13. The second-order valence-corrected chi connectivity index (χ2v) is 8.99. The molecule has 2 heterocycles. The summed E-state index contributed by atoms with van der Waals surface area (Å²) in [6.45, 7) is 3.22. The van der Waals surface area contributed by atoms with Gasteiger partial charge in [-0.2, -0.15) is 0 Å². The summed E-state index contributed by atoms with van der Waals surface area (Å²) in [6, 6.07) is 14.7. The van der Waals surface area contributed by atoms with E-state index in [9.17, 15) is 9.59 Å². The maximum absolute atomic E-state index is 13.2. The van der Waals surface area contributed by atoms with Crippen molar-refractivity contribution in [1.29, 1.82) is 0 Å². The summed E-state index contributed by atoms with van der Waals surface area (Å²) < 4.78 is 5.94. The van der Waals surface area contributed by atoms with Gasteiger partial charge in [-0.25, -0.2) is 4.98 Å². The van der Waals surface area contributed by atoms with Crippen LogP contribution in [0.4, 0.5) is 5.13 Å². The molecule has 1 fully saturated rings. The van der Waals surface area contributed by atoms with Gasteiger partial charge in [0.15, 0.2) is 5.13 Å². The minimum absolute atomic E-state index is 0.0325. The Morgan fingerprint density at radius 2 is 1.88 bits per heavy atom. The van der Waals surface area contributed by atoms with Gasteiger partial charge in [0.25, 0.3) is 5.91 Å². The molecule has 0 saturated carbocycles. The molecule has 166 valence electrons. The van der Waals surface area contributed by atoms with E-state index in [-0.39, 0.29) is 24.3 Å². The molecular weight excluding hydrogens is 446 g/mol. The van der Waals surface area contributed by atoms with E-state index in [2.05, 4.69) is 10.3 Å². The zero-order valence-electron chi connectivity index (χ0n) is 17.7. The second kappa shape index (κ2) is 10.1. The van der Waals surface area contributed by atoms with E-state index in [4.69, 9.17) is 16.3 Å². The number of rotatable bonds is 6. The van der Waals surface area contributed by atoms with E-state index in [0.29, 0.717) is 47.4 Å². The van der Waals surface area contributed by atoms with Gasteiger partial charge in [0.2, 0.25) is 5.91 Å². The lowest BCUT2D eigenvalue weighted by Crippen LogP contribution is -2.41. The molecule has 1 aliphatic heterocycles. The van der Waals surface area contributed by atoms with Gasteiger partial charge in [0.05, 0.1) is 11.3 Å². The van der Waals surface area contributed by atoms with E-state index in [0.717, 1.165) is 11.3 Å². The van der Waals surface area contributed by atoms with Crippen molar-refractivity contribution in [3.05, 3.63) is 75.8 Å². The van der Waals surface area contributed by atoms with Crippen LogP contribution in [-0.2, 0) is 11.4 Å². The Morgan fingerprint density at radius 1 is 1.16 bits per heavy atom. The summed E-state index contributed by atoms with van der Waals surface area (Å²) in [5.74, 6) is 0.274. The van der Waals surface area contributed by atoms with Crippen LogP contribution in [0.25, 0.3) is 0 Å². The number of para-hydroxylation sites is 1. The maximum Gasteiger partial charge on any atom is 0.257 e. The first-order valence-corrected chi connectivity index (χ1v) is 11.7. The highest BCUT2D eigenvalue weighted by Crippen LogP contribution is 2.26. The molecule has 8 heteroatoms. The number of hydrogen-bond donors (Lipinski definition) is 1. The number of aromatic nitrogens is 1. The number of ether oxygens (including phenoxy) is 1. The van der Waals surface area contributed by atoms with Gasteiger partial charge in [-0.05, 0) is 38.0 Å². The van der Waals surface area contributed by atoms with Crippen molar-refractivity contribution >= 4 is 39.9 Å². The molecule has 0 radical (unpaired) electrons. The van der Waals surface area contributed by atoms with Gasteiger partial charge in [-0.1, -0.05) is 41.9 Å². The molecule has 3 aromatic rings. The lowest BCUT2D eigenvalue weighted by Gasteiger charge is -2.31. The zero-order chi connectivity index (χ0) is 22.5. The number of thiazole rings is 1. The SMILES string of the molecule is Cc1csc(NC(=O)C2CCN(C(=O)c3ccccc3OCc3ccccc3Cl)CC2)n1. The van der Waals surface area contributed by atoms with Crippen LogP contribution in [0, 0.1) is 12.8 Å². The highest BCUT2D eigenvalue weighted by atomic mass is 35.5. The van der Waals surface area contributed by atoms with Crippen LogP contribution >= 0.6 is 22.9 Å². The smallest absolute Gasteiger partial charge is 0.257 e. The van der Waals surface area contributed by atoms with Crippen LogP contribution in [0.1, 0.15) is 34.5 Å². The molecule has 0 spiro atoms. The van der Waals surface area contributed by atoms with Crippen LogP contribution in [0.2, 0.25) is 5.02 Å². The monoisotopic (exact) mass is 469 g/mol. The Morgan fingerprint density at radius 3 is 2.59 bits per heavy atom. The zero-order valence-corrected chi connectivity index (χ0v) is 19.3. The van der Waals surface area contributed by atoms with E-state index >= 15 is 0 Å². The number of anilines is 1. The molecule has 0 bridgehead atoms. The van der Waals surface area contributed by atoms with Gasteiger partial charge in [-0.3, -0.25) is 9.59 Å². The molecule has 1 N–H and O–H groups in total. The average Bonchev–Trinajstić information content (AvgIpc) is 3.22. The summed E-state index contributed by atoms with van der Waals surface area (Å²) >= 11 is 7.64. The summed E-state index contributed by atoms with van der Waals surface area (Å²) in [7, 11) is 0. The third-order valence-electron chi connectivity index (χ3n) is 5.46.